The maximum atomic E-state index is 7.61. The lowest BCUT2D eigenvalue weighted by Crippen LogP contribution is -2.83. The molecule has 0 amide bonds. The van der Waals surface area contributed by atoms with Gasteiger partial charge >= 0.3 is 83.8 Å². The maximum Gasteiger partial charge on any atom is 0.322 e. The van der Waals surface area contributed by atoms with E-state index in [4.69, 9.17) is 68.8 Å². The SMILES string of the molecule is CC(C)(C)c1ccc(B2CB3NB(N2)c2ccc(c(N)c2)B2NB(NB(c4ccc(C(C)(C)C)c(N)c4)N2)c2ccc(c(N)c2)B2CB(NB(c4ccc(C(C)(C)C)c(N)c4)N2)c2ccc(c(N)c2)B2NB(NB(c4ccc(C(C)(C)C)c(N)c4)N2)c2ccc(c(N)c2)B2NB(CB(c4ccc(C(C)(C)C)c(N)c4)N2)c2ccc(c(N)c2)B2NB(NB(c4ccc(C(C)(C)C)c(N)c4)N2)c2ccc3c(N)c2)cc1N. The van der Waals surface area contributed by atoms with Gasteiger partial charge in [-0.3, -0.25) is 0 Å². The third-order valence-corrected chi connectivity index (χ3v) is 30.9. The van der Waals surface area contributed by atoms with E-state index in [0.717, 1.165) is 143 Å². The van der Waals surface area contributed by atoms with E-state index in [1.807, 2.05) is 0 Å². The van der Waals surface area contributed by atoms with Crippen LogP contribution in [0.4, 0.5) is 68.2 Å². The van der Waals surface area contributed by atoms with E-state index in [1.54, 1.807) is 0 Å². The lowest BCUT2D eigenvalue weighted by molar-refractivity contribution is 0.592. The summed E-state index contributed by atoms with van der Waals surface area (Å²) in [6.07, 6.45) is 1.88. The Kier molecular flexibility index (Phi) is 27.4. The van der Waals surface area contributed by atoms with Gasteiger partial charge in [0.2, 0.25) is 41.1 Å². The van der Waals surface area contributed by atoms with Crippen LogP contribution in [0.15, 0.2) is 218 Å². The van der Waals surface area contributed by atoms with E-state index < -0.39 is 76.8 Å². The van der Waals surface area contributed by atoms with Crippen LogP contribution >= 0.6 is 0 Å². The summed E-state index contributed by atoms with van der Waals surface area (Å²) >= 11 is 0. The second-order valence-electron chi connectivity index (χ2n) is 47.6. The fourth-order valence-corrected chi connectivity index (χ4v) is 23.2. The molecule has 6 fully saturated rings. The maximum absolute atomic E-state index is 7.61. The van der Waals surface area contributed by atoms with Gasteiger partial charge in [0, 0.05) is 68.2 Å². The molecule has 12 aromatic carbocycles. The van der Waals surface area contributed by atoms with Gasteiger partial charge < -0.3 is 146 Å². The fourth-order valence-electron chi connectivity index (χ4n) is 23.2. The zero-order chi connectivity index (χ0) is 102. The van der Waals surface area contributed by atoms with Crippen molar-refractivity contribution in [3.63, 3.8) is 0 Å². The van der Waals surface area contributed by atoms with Crippen molar-refractivity contribution in [1.82, 2.24) is 77.1 Å². The van der Waals surface area contributed by atoms with Crippen molar-refractivity contribution in [2.45, 2.75) is 176 Å². The van der Waals surface area contributed by atoms with Crippen molar-refractivity contribution in [2.24, 2.45) is 0 Å². The van der Waals surface area contributed by atoms with Crippen LogP contribution in [-0.2, 0) is 32.5 Å². The molecule has 0 saturated carbocycles. The van der Waals surface area contributed by atoms with E-state index >= 15 is 0 Å². The molecule has 0 unspecified atom stereocenters. The Hall–Kier alpha value is -11.2. The number of benzene rings is 12. The van der Waals surface area contributed by atoms with Gasteiger partial charge in [-0.05, 0) is 215 Å². The highest BCUT2D eigenvalue weighted by atomic mass is 15.1. The minimum atomic E-state index is -0.503. The molecule has 28 rings (SSSR count). The summed E-state index contributed by atoms with van der Waals surface area (Å²) in [5.41, 5.74) is 118. The van der Waals surface area contributed by atoms with E-state index in [-0.39, 0.29) is 80.6 Å². The average molecular weight is 1900 g/mol. The summed E-state index contributed by atoms with van der Waals surface area (Å²) < 4.78 is 0. The molecule has 0 atom stereocenters. The van der Waals surface area contributed by atoms with Crippen molar-refractivity contribution < 1.29 is 0 Å². The summed E-state index contributed by atoms with van der Waals surface area (Å²) in [7, 11) is 0. The van der Waals surface area contributed by atoms with Gasteiger partial charge in [0.25, 0.3) is 0 Å². The second kappa shape index (κ2) is 38.9. The van der Waals surface area contributed by atoms with Crippen LogP contribution in [0, 0.1) is 0 Å². The Labute approximate surface area is 859 Å². The fraction of sp³-hybridized carbons (Fsp3) is 0.273. The van der Waals surface area contributed by atoms with Crippen LogP contribution in [0.1, 0.15) is 158 Å². The first-order valence-corrected chi connectivity index (χ1v) is 51.1. The zero-order valence-electron chi connectivity index (χ0n) is 86.7. The molecule has 27 nitrogen and oxygen atoms in total. The smallest absolute Gasteiger partial charge is 0.322 e. The van der Waals surface area contributed by atoms with Gasteiger partial charge in [-0.2, -0.15) is 0 Å². The van der Waals surface area contributed by atoms with Crippen LogP contribution in [-0.4, -0.2) is 125 Å². The van der Waals surface area contributed by atoms with Crippen molar-refractivity contribution in [3.05, 3.63) is 252 Å². The number of hydrogen-bond donors (Lipinski definition) is 27. The third-order valence-electron chi connectivity index (χ3n) is 30.9. The van der Waals surface area contributed by atoms with Crippen LogP contribution in [0.2, 0.25) is 18.7 Å². The second-order valence-corrected chi connectivity index (χ2v) is 47.6. The summed E-state index contributed by atoms with van der Waals surface area (Å²) in [4.78, 5) is 0. The van der Waals surface area contributed by atoms with Gasteiger partial charge in [0.1, 0.15) is 0 Å². The van der Waals surface area contributed by atoms with Crippen molar-refractivity contribution in [3.8, 4) is 0 Å². The van der Waals surface area contributed by atoms with Gasteiger partial charge in [0.05, 0.1) is 0 Å². The first-order valence-electron chi connectivity index (χ1n) is 51.1. The zero-order valence-corrected chi connectivity index (χ0v) is 86.7. The molecule has 0 spiro atoms. The molecular weight excluding hydrogens is 1760 g/mol. The lowest BCUT2D eigenvalue weighted by atomic mass is 9.27. The van der Waals surface area contributed by atoms with Crippen molar-refractivity contribution in [2.75, 3.05) is 68.8 Å². The molecule has 144 heavy (non-hydrogen) atoms. The average Bonchev–Trinajstić information content (AvgIpc) is 0.763. The molecule has 24 bridgehead atoms. The van der Waals surface area contributed by atoms with Crippen molar-refractivity contribution >= 4 is 291 Å². The molecule has 39 N–H and O–H groups in total. The summed E-state index contributed by atoms with van der Waals surface area (Å²) in [5, 5.41) is 59.8. The van der Waals surface area contributed by atoms with Gasteiger partial charge in [-0.1, -0.05) is 311 Å². The topological polar surface area (TPSA) is 493 Å². The molecule has 12 aromatic rings. The predicted octanol–water partition coefficient (Wildman–Crippen LogP) is -4.75. The Morgan fingerprint density at radius 1 is 0.146 bits per heavy atom. The molecule has 45 heteroatoms. The Bertz CT molecular complexity index is 5870. The normalized spacial score (nSPS) is 16.5. The quantitative estimate of drug-likeness (QED) is 0.0549. The molecule has 16 aliphatic rings. The number of nitrogens with two attached hydrogens (primary N) is 12. The molecule has 16 aliphatic heterocycles. The highest BCUT2D eigenvalue weighted by molar-refractivity contribution is 7.06. The number of anilines is 12. The Morgan fingerprint density at radius 3 is 0.479 bits per heavy atom. The summed E-state index contributed by atoms with van der Waals surface area (Å²) in [6.45, 7) is 32.5. The number of nitrogen functional groups attached to an aromatic ring is 12. The molecular formula is C99H135B18N27. The summed E-state index contributed by atoms with van der Waals surface area (Å²) in [6, 6.07) is 77.2. The van der Waals surface area contributed by atoms with Gasteiger partial charge in [0.15, 0.2) is 0 Å². The number of nitrogens with one attached hydrogen (secondary N) is 15. The van der Waals surface area contributed by atoms with Gasteiger partial charge in [-0.15, -0.1) is 0 Å². The van der Waals surface area contributed by atoms with E-state index in [9.17, 15) is 0 Å². The van der Waals surface area contributed by atoms with Crippen LogP contribution < -0.4 is 244 Å². The van der Waals surface area contributed by atoms with Crippen LogP contribution in [0.3, 0.4) is 0 Å². The largest absolute Gasteiger partial charge is 0.399 e. The van der Waals surface area contributed by atoms with E-state index in [0.29, 0.717) is 75.5 Å². The van der Waals surface area contributed by atoms with Gasteiger partial charge in [-0.25, -0.2) is 0 Å². The molecule has 720 valence electrons. The highest BCUT2D eigenvalue weighted by Crippen LogP contribution is 2.34. The monoisotopic (exact) mass is 1900 g/mol. The van der Waals surface area contributed by atoms with Crippen molar-refractivity contribution in [1.29, 1.82) is 0 Å². The van der Waals surface area contributed by atoms with E-state index in [2.05, 4.69) is 420 Å². The lowest BCUT2D eigenvalue weighted by Gasteiger charge is -2.37. The summed E-state index contributed by atoms with van der Waals surface area (Å²) in [5.74, 6) is 0. The van der Waals surface area contributed by atoms with Crippen LogP contribution in [0.25, 0.3) is 0 Å². The third kappa shape index (κ3) is 20.9. The standard InChI is InChI=1S/C99H135B18N27/c1-94(2,3)70-31-19-58(43-82(70)118)100-55-101-60-25-39-79(90(126)45-60)115-139-108(63-22-34-73(85(121)48-63)97(10,11)12)136-111(142-115)67-27-37-76(88(124)51-67)104-56-102(59-20-32-71(83(119)44-59)95(4,5)6)130-107(135-104)66-29-42-81(93(129)53-66)117-141-109(64-23-35-74(86(122)49-64)98(13,14)15)137-112(143-117)68-28-38-77(89(125)52-68)105-57-103(131-106(134-105)62-21-33-72(84(120)47-62)96(7,8)9)61-26-40-80(91(127)46-61)116-140-110(65-24-36-75(87(123)50-65)99(16,17)18)138-113(144-116)69-30-41-78(92(128)54-69)114(132-100)133-101/h19-54,130-144H,55-57,118-129H2,1-18H3. The molecule has 6 saturated heterocycles. The molecule has 0 aliphatic carbocycles. The van der Waals surface area contributed by atoms with E-state index in [1.165, 1.54) is 0 Å². The van der Waals surface area contributed by atoms with Crippen LogP contribution in [0.5, 0.6) is 0 Å². The first kappa shape index (κ1) is 101. The first-order chi connectivity index (χ1) is 68.0. The minimum absolute atomic E-state index is 0.183. The Morgan fingerprint density at radius 2 is 0.278 bits per heavy atom. The number of hydrogen-bond acceptors (Lipinski definition) is 27. The predicted molar refractivity (Wildman–Crippen MR) is 641 cm³/mol. The molecule has 0 radical (unpaired) electrons. The molecule has 0 aromatic heterocycles. The Balaban J connectivity index is 0.736. The number of rotatable bonds is 6. The molecule has 16 heterocycles. The minimum Gasteiger partial charge on any atom is -0.399 e. The highest BCUT2D eigenvalue weighted by Gasteiger charge is 2.49.